The van der Waals surface area contributed by atoms with Gasteiger partial charge in [0.25, 0.3) is 5.91 Å². The van der Waals surface area contributed by atoms with Gasteiger partial charge in [-0.2, -0.15) is 0 Å². The van der Waals surface area contributed by atoms with E-state index >= 15 is 0 Å². The smallest absolute Gasteiger partial charge is 0.338 e. The molecule has 2 rings (SSSR count). The number of benzene rings is 1. The maximum atomic E-state index is 14.0. The number of nitrogens with two attached hydrogens (primary N) is 1. The number of carboxylic acids is 1. The van der Waals surface area contributed by atoms with Crippen LogP contribution in [-0.4, -0.2) is 45.4 Å². The van der Waals surface area contributed by atoms with Crippen molar-refractivity contribution in [2.45, 2.75) is 58.2 Å². The number of carboxylic acid groups (broad SMARTS) is 1. The van der Waals surface area contributed by atoms with Crippen LogP contribution >= 0.6 is 0 Å². The number of nitrogens with zero attached hydrogens (tertiary/aromatic N) is 1. The second-order valence-corrected chi connectivity index (χ2v) is 7.66. The number of primary amides is 1. The summed E-state index contributed by atoms with van der Waals surface area (Å²) in [5.74, 6) is -4.52. The molecule has 0 spiro atoms. The first-order valence-electron chi connectivity index (χ1n) is 8.74. The lowest BCUT2D eigenvalue weighted by atomic mass is 10.0. The van der Waals surface area contributed by atoms with Gasteiger partial charge < -0.3 is 20.5 Å². The number of aromatic carboxylic acids is 1. The van der Waals surface area contributed by atoms with Crippen LogP contribution in [0.5, 0.6) is 0 Å². The van der Waals surface area contributed by atoms with Crippen LogP contribution in [0.4, 0.5) is 4.39 Å². The number of rotatable bonds is 6. The Bertz CT molecular complexity index is 846. The number of carbonyl (C=O) groups is 4. The number of ether oxygens (including phenoxy) is 1. The molecule has 1 aliphatic heterocycles. The normalized spacial score (nSPS) is 17.2. The van der Waals surface area contributed by atoms with E-state index in [0.29, 0.717) is 0 Å². The van der Waals surface area contributed by atoms with Crippen molar-refractivity contribution in [3.8, 4) is 0 Å². The molecule has 8 nitrogen and oxygen atoms in total. The third kappa shape index (κ3) is 4.29. The van der Waals surface area contributed by atoms with Crippen molar-refractivity contribution in [1.82, 2.24) is 4.90 Å². The van der Waals surface area contributed by atoms with Crippen molar-refractivity contribution < 1.29 is 33.4 Å². The molecule has 1 aliphatic rings. The van der Waals surface area contributed by atoms with Crippen LogP contribution in [0, 0.1) is 5.82 Å². The molecule has 2 amide bonds. The Morgan fingerprint density at radius 2 is 1.93 bits per heavy atom. The van der Waals surface area contributed by atoms with Crippen LogP contribution in [0.25, 0.3) is 0 Å². The van der Waals surface area contributed by atoms with Crippen molar-refractivity contribution in [1.29, 1.82) is 0 Å². The average Bonchev–Trinajstić information content (AvgIpc) is 2.76. The number of halogens is 1. The summed E-state index contributed by atoms with van der Waals surface area (Å²) in [6.45, 7) is 6.69. The maximum Gasteiger partial charge on any atom is 0.338 e. The number of fused-ring (bicyclic) bond motifs is 1. The Hall–Kier alpha value is -2.97. The Labute approximate surface area is 161 Å². The Morgan fingerprint density at radius 1 is 1.32 bits per heavy atom. The molecule has 0 fully saturated rings. The molecule has 152 valence electrons. The van der Waals surface area contributed by atoms with E-state index in [1.54, 1.807) is 27.7 Å². The average molecular weight is 394 g/mol. The van der Waals surface area contributed by atoms with Crippen LogP contribution < -0.4 is 5.73 Å². The van der Waals surface area contributed by atoms with Gasteiger partial charge in [0.1, 0.15) is 17.5 Å². The standard InChI is InChI=1S/C19H23FN2O6/c1-9-10-7-12(18(26)27)13(20)8-11(10)17(25)22(9)14(16(21)24)5-6-15(23)28-19(2,3)4/h7-9,14H,5-6H2,1-4H3,(H2,21,24)(H,26,27)/t9-,14+/m1/s1. The molecule has 1 aromatic carbocycles. The highest BCUT2D eigenvalue weighted by Crippen LogP contribution is 2.37. The molecule has 0 saturated heterocycles. The van der Waals surface area contributed by atoms with Gasteiger partial charge in [0.05, 0.1) is 11.6 Å². The summed E-state index contributed by atoms with van der Waals surface area (Å²) in [4.78, 5) is 49.0. The molecule has 28 heavy (non-hydrogen) atoms. The predicted octanol–water partition coefficient (Wildman–Crippen LogP) is 2.02. The molecular formula is C19H23FN2O6. The van der Waals surface area contributed by atoms with Gasteiger partial charge in [-0.1, -0.05) is 0 Å². The molecule has 9 heteroatoms. The first-order valence-corrected chi connectivity index (χ1v) is 8.74. The zero-order valence-electron chi connectivity index (χ0n) is 16.1. The second-order valence-electron chi connectivity index (χ2n) is 7.66. The molecule has 3 N–H and O–H groups in total. The third-order valence-electron chi connectivity index (χ3n) is 4.41. The molecule has 1 heterocycles. The van der Waals surface area contributed by atoms with E-state index in [1.165, 1.54) is 0 Å². The molecule has 0 radical (unpaired) electrons. The lowest BCUT2D eigenvalue weighted by molar-refractivity contribution is -0.155. The zero-order valence-corrected chi connectivity index (χ0v) is 16.1. The summed E-state index contributed by atoms with van der Waals surface area (Å²) in [6, 6.07) is 0.0986. The first kappa shape index (κ1) is 21.3. The topological polar surface area (TPSA) is 127 Å². The number of amides is 2. The number of hydrogen-bond donors (Lipinski definition) is 2. The fraction of sp³-hybridized carbons (Fsp3) is 0.474. The van der Waals surface area contributed by atoms with E-state index in [-0.39, 0.29) is 24.0 Å². The highest BCUT2D eigenvalue weighted by molar-refractivity contribution is 6.03. The van der Waals surface area contributed by atoms with Gasteiger partial charge in [-0.05, 0) is 51.8 Å². The Morgan fingerprint density at radius 3 is 2.43 bits per heavy atom. The monoisotopic (exact) mass is 394 g/mol. The van der Waals surface area contributed by atoms with Gasteiger partial charge in [0, 0.05) is 12.0 Å². The van der Waals surface area contributed by atoms with Crippen LogP contribution in [-0.2, 0) is 14.3 Å². The van der Waals surface area contributed by atoms with Crippen molar-refractivity contribution in [3.63, 3.8) is 0 Å². The van der Waals surface area contributed by atoms with Crippen molar-refractivity contribution >= 4 is 23.8 Å². The second kappa shape index (κ2) is 7.57. The first-order chi connectivity index (χ1) is 12.8. The van der Waals surface area contributed by atoms with Crippen LogP contribution in [0.3, 0.4) is 0 Å². The van der Waals surface area contributed by atoms with Crippen LogP contribution in [0.2, 0.25) is 0 Å². The molecule has 0 bridgehead atoms. The van der Waals surface area contributed by atoms with Crippen molar-refractivity contribution in [2.75, 3.05) is 0 Å². The van der Waals surface area contributed by atoms with E-state index in [4.69, 9.17) is 15.6 Å². The van der Waals surface area contributed by atoms with E-state index in [0.717, 1.165) is 17.0 Å². The summed E-state index contributed by atoms with van der Waals surface area (Å²) >= 11 is 0. The zero-order chi connectivity index (χ0) is 21.4. The lowest BCUT2D eigenvalue weighted by Crippen LogP contribution is -2.46. The van der Waals surface area contributed by atoms with Crippen LogP contribution in [0.1, 0.15) is 72.9 Å². The summed E-state index contributed by atoms with van der Waals surface area (Å²) < 4.78 is 19.2. The van der Waals surface area contributed by atoms with Gasteiger partial charge in [0.15, 0.2) is 0 Å². The van der Waals surface area contributed by atoms with Gasteiger partial charge in [0.2, 0.25) is 5.91 Å². The van der Waals surface area contributed by atoms with E-state index in [2.05, 4.69) is 0 Å². The molecule has 0 aliphatic carbocycles. The lowest BCUT2D eigenvalue weighted by Gasteiger charge is -2.30. The fourth-order valence-electron chi connectivity index (χ4n) is 3.23. The minimum Gasteiger partial charge on any atom is -0.478 e. The van der Waals surface area contributed by atoms with E-state index in [1.807, 2.05) is 0 Å². The minimum atomic E-state index is -1.46. The summed E-state index contributed by atoms with van der Waals surface area (Å²) in [6.07, 6.45) is -0.213. The SMILES string of the molecule is C[C@@H]1c2cc(C(=O)O)c(F)cc2C(=O)N1[C@@H](CCC(=O)OC(C)(C)C)C(N)=O. The van der Waals surface area contributed by atoms with Gasteiger partial charge in [-0.15, -0.1) is 0 Å². The van der Waals surface area contributed by atoms with E-state index < -0.39 is 52.8 Å². The fourth-order valence-corrected chi connectivity index (χ4v) is 3.23. The minimum absolute atomic E-state index is 0.0291. The van der Waals surface area contributed by atoms with Crippen molar-refractivity contribution in [3.05, 3.63) is 34.6 Å². The van der Waals surface area contributed by atoms with Gasteiger partial charge in [-0.3, -0.25) is 14.4 Å². The highest BCUT2D eigenvalue weighted by Gasteiger charge is 2.41. The third-order valence-corrected chi connectivity index (χ3v) is 4.41. The summed E-state index contributed by atoms with van der Waals surface area (Å²) in [5.41, 5.74) is 4.44. The molecule has 0 unspecified atom stereocenters. The molecule has 1 aromatic rings. The van der Waals surface area contributed by atoms with Gasteiger partial charge >= 0.3 is 11.9 Å². The van der Waals surface area contributed by atoms with Gasteiger partial charge in [-0.25, -0.2) is 9.18 Å². The summed E-state index contributed by atoms with van der Waals surface area (Å²) in [7, 11) is 0. The predicted molar refractivity (Wildman–Crippen MR) is 96.0 cm³/mol. The Balaban J connectivity index is 2.28. The number of hydrogen-bond acceptors (Lipinski definition) is 5. The Kier molecular flexibility index (Phi) is 5.77. The number of esters is 1. The molecule has 0 aromatic heterocycles. The number of carbonyl (C=O) groups excluding carboxylic acids is 3. The quantitative estimate of drug-likeness (QED) is 0.711. The maximum absolute atomic E-state index is 14.0. The highest BCUT2D eigenvalue weighted by atomic mass is 19.1. The molecule has 2 atom stereocenters. The van der Waals surface area contributed by atoms with Crippen LogP contribution in [0.15, 0.2) is 12.1 Å². The van der Waals surface area contributed by atoms with Crippen molar-refractivity contribution in [2.24, 2.45) is 5.73 Å². The van der Waals surface area contributed by atoms with E-state index in [9.17, 15) is 23.6 Å². The molecule has 0 saturated carbocycles. The largest absolute Gasteiger partial charge is 0.478 e. The molecular weight excluding hydrogens is 371 g/mol. The summed E-state index contributed by atoms with van der Waals surface area (Å²) in [5, 5.41) is 9.09.